The number of amides is 2. The van der Waals surface area contributed by atoms with E-state index in [0.717, 1.165) is 11.1 Å². The van der Waals surface area contributed by atoms with Gasteiger partial charge >= 0.3 is 5.97 Å². The van der Waals surface area contributed by atoms with Gasteiger partial charge in [-0.15, -0.1) is 0 Å². The Morgan fingerprint density at radius 1 is 0.800 bits per heavy atom. The molecule has 176 valence electrons. The predicted molar refractivity (Wildman–Crippen MR) is 131 cm³/mol. The van der Waals surface area contributed by atoms with Crippen molar-refractivity contribution in [3.05, 3.63) is 126 Å². The van der Waals surface area contributed by atoms with Crippen molar-refractivity contribution in [1.82, 2.24) is 5.32 Å². The Hall–Kier alpha value is -4.65. The smallest absolute Gasteiger partial charge is 0.340 e. The first kappa shape index (κ1) is 23.5. The number of anilines is 1. The summed E-state index contributed by atoms with van der Waals surface area (Å²) in [6.07, 6.45) is 1.97. The van der Waals surface area contributed by atoms with Gasteiger partial charge in [0.05, 0.1) is 23.6 Å². The number of hydrogen-bond donors (Lipinski definition) is 2. The third-order valence-corrected chi connectivity index (χ3v) is 5.29. The number of rotatable bonds is 9. The second kappa shape index (κ2) is 11.5. The minimum atomic E-state index is -0.727. The fourth-order valence-electron chi connectivity index (χ4n) is 3.59. The molecule has 0 aliphatic rings. The van der Waals surface area contributed by atoms with Crippen LogP contribution in [-0.4, -0.2) is 24.4 Å². The number of carbonyl (C=O) groups excluding carboxylic acids is 3. The Kier molecular flexibility index (Phi) is 7.70. The van der Waals surface area contributed by atoms with Crippen molar-refractivity contribution in [2.75, 3.05) is 11.9 Å². The number of benzene rings is 3. The number of hydrogen-bond acceptors (Lipinski definition) is 5. The van der Waals surface area contributed by atoms with Crippen LogP contribution in [0.3, 0.4) is 0 Å². The first-order valence-electron chi connectivity index (χ1n) is 11.1. The largest absolute Gasteiger partial charge is 0.459 e. The minimum Gasteiger partial charge on any atom is -0.459 e. The highest BCUT2D eigenvalue weighted by Crippen LogP contribution is 2.20. The Bertz CT molecular complexity index is 1270. The number of para-hydroxylation sites is 1. The molecule has 1 aromatic heterocycles. The number of furan rings is 1. The van der Waals surface area contributed by atoms with E-state index in [1.807, 2.05) is 60.7 Å². The molecule has 7 heteroatoms. The van der Waals surface area contributed by atoms with E-state index in [2.05, 4.69) is 10.6 Å². The van der Waals surface area contributed by atoms with E-state index in [0.29, 0.717) is 6.42 Å². The van der Waals surface area contributed by atoms with Crippen molar-refractivity contribution in [2.45, 2.75) is 12.5 Å². The molecule has 7 nitrogen and oxygen atoms in total. The first-order chi connectivity index (χ1) is 17.1. The molecule has 1 unspecified atom stereocenters. The molecule has 0 aliphatic heterocycles. The van der Waals surface area contributed by atoms with E-state index >= 15 is 0 Å². The van der Waals surface area contributed by atoms with E-state index in [1.54, 1.807) is 24.3 Å². The molecular formula is C28H24N2O5. The highest BCUT2D eigenvalue weighted by molar-refractivity contribution is 6.06. The van der Waals surface area contributed by atoms with Crippen LogP contribution >= 0.6 is 0 Å². The van der Waals surface area contributed by atoms with E-state index < -0.39 is 24.4 Å². The maximum Gasteiger partial charge on any atom is 0.340 e. The van der Waals surface area contributed by atoms with Crippen LogP contribution in [0.5, 0.6) is 0 Å². The average molecular weight is 469 g/mol. The summed E-state index contributed by atoms with van der Waals surface area (Å²) >= 11 is 0. The lowest BCUT2D eigenvalue weighted by Crippen LogP contribution is -2.33. The third-order valence-electron chi connectivity index (χ3n) is 5.29. The Morgan fingerprint density at radius 2 is 1.49 bits per heavy atom. The van der Waals surface area contributed by atoms with Gasteiger partial charge < -0.3 is 19.8 Å². The van der Waals surface area contributed by atoms with Gasteiger partial charge in [-0.1, -0.05) is 72.8 Å². The van der Waals surface area contributed by atoms with Crippen molar-refractivity contribution >= 4 is 23.5 Å². The molecule has 0 aliphatic carbocycles. The van der Waals surface area contributed by atoms with Crippen LogP contribution in [0, 0.1) is 0 Å². The van der Waals surface area contributed by atoms with Crippen molar-refractivity contribution in [1.29, 1.82) is 0 Å². The summed E-state index contributed by atoms with van der Waals surface area (Å²) in [5.41, 5.74) is 2.40. The standard InChI is InChI=1S/C28H24N2O5/c31-26(29-24(21-12-5-2-6-13-21)18-20-10-3-1-4-11-20)19-35-28(33)22-14-7-8-15-23(22)30-27(32)25-16-9-17-34-25/h1-17,24H,18-19H2,(H,29,31)(H,30,32). The number of ether oxygens (including phenoxy) is 1. The van der Waals surface area contributed by atoms with Crippen LogP contribution in [-0.2, 0) is 16.0 Å². The minimum absolute atomic E-state index is 0.109. The van der Waals surface area contributed by atoms with Gasteiger partial charge in [-0.2, -0.15) is 0 Å². The monoisotopic (exact) mass is 468 g/mol. The first-order valence-corrected chi connectivity index (χ1v) is 11.1. The average Bonchev–Trinajstić information content (AvgIpc) is 3.44. The summed E-state index contributed by atoms with van der Waals surface area (Å²) in [5, 5.41) is 5.58. The highest BCUT2D eigenvalue weighted by atomic mass is 16.5. The number of carbonyl (C=O) groups is 3. The zero-order valence-corrected chi connectivity index (χ0v) is 18.8. The van der Waals surface area contributed by atoms with Crippen molar-refractivity contribution in [2.24, 2.45) is 0 Å². The second-order valence-corrected chi connectivity index (χ2v) is 7.77. The summed E-state index contributed by atoms with van der Waals surface area (Å²) in [6, 6.07) is 28.7. The van der Waals surface area contributed by atoms with Crippen LogP contribution in [0.2, 0.25) is 0 Å². The molecule has 35 heavy (non-hydrogen) atoms. The van der Waals surface area contributed by atoms with Crippen molar-refractivity contribution in [3.8, 4) is 0 Å². The molecule has 0 fully saturated rings. The zero-order chi connectivity index (χ0) is 24.5. The Morgan fingerprint density at radius 3 is 2.20 bits per heavy atom. The van der Waals surface area contributed by atoms with Gasteiger partial charge in [-0.3, -0.25) is 9.59 Å². The zero-order valence-electron chi connectivity index (χ0n) is 18.8. The van der Waals surface area contributed by atoms with Gasteiger partial charge in [0.25, 0.3) is 11.8 Å². The molecule has 1 atom stereocenters. The molecule has 0 radical (unpaired) electrons. The maximum absolute atomic E-state index is 12.7. The van der Waals surface area contributed by atoms with Gasteiger partial charge in [0, 0.05) is 0 Å². The van der Waals surface area contributed by atoms with E-state index in [4.69, 9.17) is 9.15 Å². The van der Waals surface area contributed by atoms with Gasteiger partial charge in [0.2, 0.25) is 0 Å². The molecule has 0 spiro atoms. The molecule has 4 rings (SSSR count). The highest BCUT2D eigenvalue weighted by Gasteiger charge is 2.19. The quantitative estimate of drug-likeness (QED) is 0.344. The normalized spacial score (nSPS) is 11.3. The van der Waals surface area contributed by atoms with Crippen LogP contribution in [0.1, 0.15) is 38.1 Å². The lowest BCUT2D eigenvalue weighted by Gasteiger charge is -2.19. The number of nitrogens with one attached hydrogen (secondary N) is 2. The molecule has 3 aromatic carbocycles. The van der Waals surface area contributed by atoms with Crippen LogP contribution < -0.4 is 10.6 Å². The molecule has 2 amide bonds. The second-order valence-electron chi connectivity index (χ2n) is 7.77. The summed E-state index contributed by atoms with van der Waals surface area (Å²) in [7, 11) is 0. The van der Waals surface area contributed by atoms with Gasteiger partial charge in [0.15, 0.2) is 12.4 Å². The molecule has 2 N–H and O–H groups in total. The topological polar surface area (TPSA) is 97.6 Å². The lowest BCUT2D eigenvalue weighted by molar-refractivity contribution is -0.125. The SMILES string of the molecule is O=C(COC(=O)c1ccccc1NC(=O)c1ccco1)NC(Cc1ccccc1)c1ccccc1. The van der Waals surface area contributed by atoms with Crippen molar-refractivity contribution in [3.63, 3.8) is 0 Å². The fraction of sp³-hybridized carbons (Fsp3) is 0.107. The Labute approximate surface area is 202 Å². The van der Waals surface area contributed by atoms with Gasteiger partial charge in [-0.25, -0.2) is 4.79 Å². The van der Waals surface area contributed by atoms with Crippen LogP contribution in [0.15, 0.2) is 108 Å². The summed E-state index contributed by atoms with van der Waals surface area (Å²) < 4.78 is 10.3. The molecule has 1 heterocycles. The van der Waals surface area contributed by atoms with E-state index in [1.165, 1.54) is 18.4 Å². The van der Waals surface area contributed by atoms with Gasteiger partial charge in [0.1, 0.15) is 0 Å². The summed E-state index contributed by atoms with van der Waals surface area (Å²) in [4.78, 5) is 37.7. The molecule has 0 saturated heterocycles. The Balaban J connectivity index is 1.39. The molecule has 0 saturated carbocycles. The fourth-order valence-corrected chi connectivity index (χ4v) is 3.59. The maximum atomic E-state index is 12.7. The molecule has 4 aromatic rings. The van der Waals surface area contributed by atoms with Crippen molar-refractivity contribution < 1.29 is 23.5 Å². The summed E-state index contributed by atoms with van der Waals surface area (Å²) in [5.74, 6) is -1.55. The number of esters is 1. The predicted octanol–water partition coefficient (Wildman–Crippen LogP) is 4.79. The van der Waals surface area contributed by atoms with E-state index in [9.17, 15) is 14.4 Å². The third kappa shape index (κ3) is 6.45. The van der Waals surface area contributed by atoms with Crippen LogP contribution in [0.4, 0.5) is 5.69 Å². The van der Waals surface area contributed by atoms with Crippen LogP contribution in [0.25, 0.3) is 0 Å². The van der Waals surface area contributed by atoms with E-state index in [-0.39, 0.29) is 23.1 Å². The molecular weight excluding hydrogens is 444 g/mol. The lowest BCUT2D eigenvalue weighted by atomic mass is 9.99. The molecule has 0 bridgehead atoms. The summed E-state index contributed by atoms with van der Waals surface area (Å²) in [6.45, 7) is -0.461. The van der Waals surface area contributed by atoms with Gasteiger partial charge in [-0.05, 0) is 41.8 Å².